The minimum absolute atomic E-state index is 0.167. The molecule has 27 heavy (non-hydrogen) atoms. The molecule has 0 unspecified atom stereocenters. The number of methoxy groups -OCH3 is 1. The second-order valence-corrected chi connectivity index (χ2v) is 6.91. The summed E-state index contributed by atoms with van der Waals surface area (Å²) in [7, 11) is 1.61. The first-order chi connectivity index (χ1) is 12.8. The molecule has 2 rings (SSSR count). The van der Waals surface area contributed by atoms with E-state index in [-0.39, 0.29) is 11.9 Å². The number of carbonyl (C=O) groups excluding carboxylic acids is 1. The number of hydrogen-bond donors (Lipinski definition) is 1. The molecule has 5 nitrogen and oxygen atoms in total. The van der Waals surface area contributed by atoms with Crippen LogP contribution < -0.4 is 19.5 Å². The average molecular weight is 392 g/mol. The van der Waals surface area contributed by atoms with Crippen molar-refractivity contribution in [2.24, 2.45) is 0 Å². The maximum atomic E-state index is 12.4. The molecule has 0 saturated heterocycles. The summed E-state index contributed by atoms with van der Waals surface area (Å²) < 4.78 is 16.6. The first kappa shape index (κ1) is 20.9. The van der Waals surface area contributed by atoms with Gasteiger partial charge in [0.05, 0.1) is 13.2 Å². The summed E-state index contributed by atoms with van der Waals surface area (Å²) in [6.07, 6.45) is -0.631. The molecule has 0 bridgehead atoms. The van der Waals surface area contributed by atoms with E-state index in [9.17, 15) is 4.79 Å². The van der Waals surface area contributed by atoms with Gasteiger partial charge in [-0.2, -0.15) is 0 Å². The van der Waals surface area contributed by atoms with Crippen molar-refractivity contribution in [1.82, 2.24) is 5.32 Å². The number of benzene rings is 2. The van der Waals surface area contributed by atoms with Crippen LogP contribution >= 0.6 is 11.6 Å². The smallest absolute Gasteiger partial charge is 0.261 e. The van der Waals surface area contributed by atoms with Gasteiger partial charge in [0.1, 0.15) is 23.9 Å². The van der Waals surface area contributed by atoms with Crippen LogP contribution in [0.3, 0.4) is 0 Å². The number of rotatable bonds is 8. The molecule has 0 aliphatic rings. The number of nitrogens with one attached hydrogen (secondary N) is 1. The maximum absolute atomic E-state index is 12.4. The molecule has 0 heterocycles. The molecule has 2 atom stereocenters. The quantitative estimate of drug-likeness (QED) is 0.728. The van der Waals surface area contributed by atoms with Gasteiger partial charge in [-0.05, 0) is 75.2 Å². The van der Waals surface area contributed by atoms with Crippen LogP contribution in [0.2, 0.25) is 5.02 Å². The second-order valence-electron chi connectivity index (χ2n) is 6.53. The number of carbonyl (C=O) groups is 1. The fraction of sp³-hybridized carbons (Fsp3) is 0.381. The van der Waals surface area contributed by atoms with Crippen LogP contribution in [0.15, 0.2) is 36.4 Å². The van der Waals surface area contributed by atoms with Gasteiger partial charge in [0.15, 0.2) is 6.10 Å². The van der Waals surface area contributed by atoms with Gasteiger partial charge in [-0.3, -0.25) is 4.79 Å². The standard InChI is InChI=1S/C21H26ClNO4/c1-13-10-19(11-14(2)20(13)22)27-16(4)21(24)23-15(3)12-26-18-8-6-17(25-5)7-9-18/h6-11,15-16H,12H2,1-5H3,(H,23,24)/t15-,16-/m0/s1. The van der Waals surface area contributed by atoms with Gasteiger partial charge in [-0.25, -0.2) is 0 Å². The summed E-state index contributed by atoms with van der Waals surface area (Å²) in [5.74, 6) is 1.90. The summed E-state index contributed by atoms with van der Waals surface area (Å²) in [6, 6.07) is 10.8. The predicted octanol–water partition coefficient (Wildman–Crippen LogP) is 4.32. The molecule has 1 amide bonds. The highest BCUT2D eigenvalue weighted by Gasteiger charge is 2.18. The fourth-order valence-electron chi connectivity index (χ4n) is 2.53. The summed E-state index contributed by atoms with van der Waals surface area (Å²) in [4.78, 5) is 12.4. The summed E-state index contributed by atoms with van der Waals surface area (Å²) in [5, 5.41) is 3.61. The molecule has 0 aromatic heterocycles. The van der Waals surface area contributed by atoms with Crippen LogP contribution in [0, 0.1) is 13.8 Å². The van der Waals surface area contributed by atoms with Crippen LogP contribution in [0.1, 0.15) is 25.0 Å². The highest BCUT2D eigenvalue weighted by atomic mass is 35.5. The Morgan fingerprint density at radius 1 is 1.04 bits per heavy atom. The molecule has 0 aliphatic carbocycles. The minimum Gasteiger partial charge on any atom is -0.497 e. The Hall–Kier alpha value is -2.40. The largest absolute Gasteiger partial charge is 0.497 e. The van der Waals surface area contributed by atoms with Crippen molar-refractivity contribution in [3.05, 3.63) is 52.5 Å². The third-order valence-corrected chi connectivity index (χ3v) is 4.64. The first-order valence-corrected chi connectivity index (χ1v) is 9.18. The molecule has 0 radical (unpaired) electrons. The van der Waals surface area contributed by atoms with E-state index in [1.165, 1.54) is 0 Å². The number of halogens is 1. The molecule has 2 aromatic rings. The SMILES string of the molecule is COc1ccc(OC[C@H](C)NC(=O)[C@H](C)Oc2cc(C)c(Cl)c(C)c2)cc1. The highest BCUT2D eigenvalue weighted by molar-refractivity contribution is 6.32. The van der Waals surface area contributed by atoms with E-state index in [4.69, 9.17) is 25.8 Å². The minimum atomic E-state index is -0.631. The summed E-state index contributed by atoms with van der Waals surface area (Å²) >= 11 is 6.16. The molecule has 0 saturated carbocycles. The Morgan fingerprint density at radius 2 is 1.59 bits per heavy atom. The van der Waals surface area contributed by atoms with Crippen molar-refractivity contribution in [2.45, 2.75) is 39.8 Å². The monoisotopic (exact) mass is 391 g/mol. The van der Waals surface area contributed by atoms with E-state index >= 15 is 0 Å². The zero-order chi connectivity index (χ0) is 20.0. The number of aryl methyl sites for hydroxylation is 2. The lowest BCUT2D eigenvalue weighted by Gasteiger charge is -2.20. The number of ether oxygens (including phenoxy) is 3. The van der Waals surface area contributed by atoms with Gasteiger partial charge in [0.25, 0.3) is 5.91 Å². The Kier molecular flexibility index (Phi) is 7.36. The normalized spacial score (nSPS) is 12.8. The van der Waals surface area contributed by atoms with Crippen molar-refractivity contribution in [3.63, 3.8) is 0 Å². The van der Waals surface area contributed by atoms with Crippen molar-refractivity contribution in [3.8, 4) is 17.2 Å². The Labute approximate surface area is 165 Å². The molecule has 1 N–H and O–H groups in total. The maximum Gasteiger partial charge on any atom is 0.261 e. The van der Waals surface area contributed by atoms with Crippen LogP contribution in [-0.2, 0) is 4.79 Å². The van der Waals surface area contributed by atoms with Crippen molar-refractivity contribution < 1.29 is 19.0 Å². The second kappa shape index (κ2) is 9.51. The van der Waals surface area contributed by atoms with Gasteiger partial charge in [-0.1, -0.05) is 11.6 Å². The zero-order valence-corrected chi connectivity index (χ0v) is 17.1. The van der Waals surface area contributed by atoms with E-state index < -0.39 is 6.10 Å². The molecule has 2 aromatic carbocycles. The van der Waals surface area contributed by atoms with Crippen molar-refractivity contribution in [2.75, 3.05) is 13.7 Å². The Morgan fingerprint density at radius 3 is 2.15 bits per heavy atom. The van der Waals surface area contributed by atoms with Crippen molar-refractivity contribution >= 4 is 17.5 Å². The van der Waals surface area contributed by atoms with Gasteiger partial charge in [0, 0.05) is 5.02 Å². The lowest BCUT2D eigenvalue weighted by atomic mass is 10.1. The topological polar surface area (TPSA) is 56.8 Å². The summed E-state index contributed by atoms with van der Waals surface area (Å²) in [5.41, 5.74) is 1.83. The molecule has 0 fully saturated rings. The predicted molar refractivity (Wildman–Crippen MR) is 107 cm³/mol. The third-order valence-electron chi connectivity index (χ3n) is 4.04. The zero-order valence-electron chi connectivity index (χ0n) is 16.3. The third kappa shape index (κ3) is 6.07. The van der Waals surface area contributed by atoms with Crippen LogP contribution in [-0.4, -0.2) is 31.8 Å². The summed E-state index contributed by atoms with van der Waals surface area (Å²) in [6.45, 7) is 7.76. The van der Waals surface area contributed by atoms with Gasteiger partial charge < -0.3 is 19.5 Å². The number of hydrogen-bond acceptors (Lipinski definition) is 4. The molecular formula is C21H26ClNO4. The van der Waals surface area contributed by atoms with E-state index in [0.717, 1.165) is 16.9 Å². The van der Waals surface area contributed by atoms with Gasteiger partial charge in [0.2, 0.25) is 0 Å². The van der Waals surface area contributed by atoms with E-state index in [1.54, 1.807) is 14.0 Å². The van der Waals surface area contributed by atoms with E-state index in [0.29, 0.717) is 23.1 Å². The molecule has 6 heteroatoms. The highest BCUT2D eigenvalue weighted by Crippen LogP contribution is 2.26. The van der Waals surface area contributed by atoms with Gasteiger partial charge >= 0.3 is 0 Å². The molecular weight excluding hydrogens is 366 g/mol. The Balaban J connectivity index is 1.84. The Bertz CT molecular complexity index is 753. The number of amides is 1. The van der Waals surface area contributed by atoms with E-state index in [1.807, 2.05) is 57.2 Å². The van der Waals surface area contributed by atoms with Crippen LogP contribution in [0.5, 0.6) is 17.2 Å². The van der Waals surface area contributed by atoms with Crippen LogP contribution in [0.25, 0.3) is 0 Å². The molecule has 146 valence electrons. The lowest BCUT2D eigenvalue weighted by Crippen LogP contribution is -2.43. The first-order valence-electron chi connectivity index (χ1n) is 8.80. The van der Waals surface area contributed by atoms with E-state index in [2.05, 4.69) is 5.32 Å². The molecule has 0 spiro atoms. The fourth-order valence-corrected chi connectivity index (χ4v) is 2.64. The van der Waals surface area contributed by atoms with Crippen LogP contribution in [0.4, 0.5) is 0 Å². The molecule has 0 aliphatic heterocycles. The average Bonchev–Trinajstić information content (AvgIpc) is 2.64. The lowest BCUT2D eigenvalue weighted by molar-refractivity contribution is -0.128. The van der Waals surface area contributed by atoms with Crippen molar-refractivity contribution in [1.29, 1.82) is 0 Å². The van der Waals surface area contributed by atoms with Gasteiger partial charge in [-0.15, -0.1) is 0 Å².